The molecule has 0 aliphatic carbocycles. The van der Waals surface area contributed by atoms with E-state index in [1.807, 2.05) is 0 Å². The number of halogens is 4. The first kappa shape index (κ1) is 12.0. The van der Waals surface area contributed by atoms with Gasteiger partial charge in [-0.1, -0.05) is 15.9 Å². The third kappa shape index (κ3) is 2.63. The summed E-state index contributed by atoms with van der Waals surface area (Å²) in [6.45, 7) is 0. The van der Waals surface area contributed by atoms with Gasteiger partial charge in [-0.05, 0) is 5.56 Å². The van der Waals surface area contributed by atoms with Crippen LogP contribution in [0.4, 0.5) is 13.2 Å². The number of hydrogen-bond acceptors (Lipinski definition) is 3. The van der Waals surface area contributed by atoms with E-state index in [2.05, 4.69) is 31.0 Å². The van der Waals surface area contributed by atoms with Crippen LogP contribution in [0.3, 0.4) is 0 Å². The van der Waals surface area contributed by atoms with Gasteiger partial charge in [-0.2, -0.15) is 18.3 Å². The van der Waals surface area contributed by atoms with Crippen molar-refractivity contribution in [3.63, 3.8) is 0 Å². The Morgan fingerprint density at radius 1 is 1.18 bits per heavy atom. The summed E-state index contributed by atoms with van der Waals surface area (Å²) in [5, 5.41) is 4.15. The van der Waals surface area contributed by atoms with Crippen LogP contribution in [0.25, 0.3) is 5.95 Å². The minimum atomic E-state index is -4.41. The largest absolute Gasteiger partial charge is 0.419 e. The van der Waals surface area contributed by atoms with Crippen molar-refractivity contribution in [3.8, 4) is 5.95 Å². The third-order valence-corrected chi connectivity index (χ3v) is 2.61. The highest BCUT2D eigenvalue weighted by Crippen LogP contribution is 2.28. The first-order valence-electron chi connectivity index (χ1n) is 4.50. The van der Waals surface area contributed by atoms with E-state index in [4.69, 9.17) is 0 Å². The average molecular weight is 307 g/mol. The molecule has 0 saturated carbocycles. The molecule has 0 unspecified atom stereocenters. The summed E-state index contributed by atoms with van der Waals surface area (Å²) in [5.74, 6) is 0.102. The van der Waals surface area contributed by atoms with E-state index in [0.717, 1.165) is 22.6 Å². The molecule has 2 aromatic heterocycles. The molecule has 0 atom stereocenters. The molecule has 2 rings (SSSR count). The predicted molar refractivity (Wildman–Crippen MR) is 56.8 cm³/mol. The molecule has 0 radical (unpaired) electrons. The van der Waals surface area contributed by atoms with Crippen molar-refractivity contribution in [1.29, 1.82) is 0 Å². The Morgan fingerprint density at radius 2 is 1.82 bits per heavy atom. The summed E-state index contributed by atoms with van der Waals surface area (Å²) in [6.07, 6.45) is 0.219. The van der Waals surface area contributed by atoms with Crippen molar-refractivity contribution in [2.45, 2.75) is 11.5 Å². The first-order chi connectivity index (χ1) is 8.00. The van der Waals surface area contributed by atoms with Crippen molar-refractivity contribution < 1.29 is 13.2 Å². The fourth-order valence-electron chi connectivity index (χ4n) is 1.11. The summed E-state index contributed by atoms with van der Waals surface area (Å²) in [6, 6.07) is 0. The van der Waals surface area contributed by atoms with Gasteiger partial charge in [0, 0.05) is 23.9 Å². The molecule has 0 aromatic carbocycles. The summed E-state index contributed by atoms with van der Waals surface area (Å²) in [5.41, 5.74) is 0.00243. The second-order valence-corrected chi connectivity index (χ2v) is 3.76. The Morgan fingerprint density at radius 3 is 2.29 bits per heavy atom. The summed E-state index contributed by atoms with van der Waals surface area (Å²) >= 11 is 3.22. The molecule has 0 N–H and O–H groups in total. The lowest BCUT2D eigenvalue weighted by Gasteiger charge is -2.01. The van der Waals surface area contributed by atoms with Crippen LogP contribution in [0, 0.1) is 0 Å². The zero-order valence-electron chi connectivity index (χ0n) is 8.32. The molecule has 0 aliphatic rings. The van der Waals surface area contributed by atoms with Crippen LogP contribution in [-0.2, 0) is 11.5 Å². The molecule has 2 aromatic rings. The SMILES string of the molecule is FC(F)(F)c1cnn(-c2ncc(CBr)cn2)c1. The van der Waals surface area contributed by atoms with Crippen LogP contribution in [0.1, 0.15) is 11.1 Å². The molecular weight excluding hydrogens is 301 g/mol. The van der Waals surface area contributed by atoms with E-state index in [1.54, 1.807) is 0 Å². The van der Waals surface area contributed by atoms with E-state index in [0.29, 0.717) is 5.33 Å². The van der Waals surface area contributed by atoms with Crippen LogP contribution in [-0.4, -0.2) is 19.7 Å². The summed E-state index contributed by atoms with van der Waals surface area (Å²) < 4.78 is 38.0. The Hall–Kier alpha value is -1.44. The lowest BCUT2D eigenvalue weighted by molar-refractivity contribution is -0.137. The number of rotatable bonds is 2. The van der Waals surface area contributed by atoms with Crippen LogP contribution in [0.2, 0.25) is 0 Å². The third-order valence-electron chi connectivity index (χ3n) is 1.96. The number of aromatic nitrogens is 4. The Labute approximate surface area is 103 Å². The smallest absolute Gasteiger partial charge is 0.219 e. The van der Waals surface area contributed by atoms with Gasteiger partial charge < -0.3 is 0 Å². The second-order valence-electron chi connectivity index (χ2n) is 3.20. The average Bonchev–Trinajstić information content (AvgIpc) is 2.78. The van der Waals surface area contributed by atoms with Gasteiger partial charge in [-0.25, -0.2) is 14.6 Å². The second kappa shape index (κ2) is 4.44. The van der Waals surface area contributed by atoms with E-state index in [-0.39, 0.29) is 5.95 Å². The minimum absolute atomic E-state index is 0.102. The lowest BCUT2D eigenvalue weighted by Crippen LogP contribution is -2.04. The highest BCUT2D eigenvalue weighted by atomic mass is 79.9. The Bertz CT molecular complexity index is 506. The Kier molecular flexibility index (Phi) is 3.14. The number of nitrogens with zero attached hydrogens (tertiary/aromatic N) is 4. The molecule has 0 bridgehead atoms. The molecule has 8 heteroatoms. The van der Waals surface area contributed by atoms with Crippen molar-refractivity contribution >= 4 is 15.9 Å². The van der Waals surface area contributed by atoms with Gasteiger partial charge in [0.25, 0.3) is 0 Å². The number of hydrogen-bond donors (Lipinski definition) is 0. The quantitative estimate of drug-likeness (QED) is 0.801. The number of alkyl halides is 4. The van der Waals surface area contributed by atoms with Gasteiger partial charge in [-0.3, -0.25) is 0 Å². The highest BCUT2D eigenvalue weighted by molar-refractivity contribution is 9.08. The maximum atomic E-state index is 12.3. The molecule has 0 aliphatic heterocycles. The monoisotopic (exact) mass is 306 g/mol. The van der Waals surface area contributed by atoms with Gasteiger partial charge >= 0.3 is 6.18 Å². The zero-order valence-corrected chi connectivity index (χ0v) is 9.90. The van der Waals surface area contributed by atoms with Crippen LogP contribution in [0.5, 0.6) is 0 Å². The summed E-state index contributed by atoms with van der Waals surface area (Å²) in [4.78, 5) is 7.81. The predicted octanol–water partition coefficient (Wildman–Crippen LogP) is 2.58. The molecule has 0 saturated heterocycles. The normalized spacial score (nSPS) is 11.8. The molecule has 17 heavy (non-hydrogen) atoms. The van der Waals surface area contributed by atoms with E-state index in [1.165, 1.54) is 12.4 Å². The van der Waals surface area contributed by atoms with Gasteiger partial charge in [0.05, 0.1) is 11.8 Å². The molecule has 0 fully saturated rings. The summed E-state index contributed by atoms with van der Waals surface area (Å²) in [7, 11) is 0. The molecular formula is C9H6BrF3N4. The van der Waals surface area contributed by atoms with Crippen molar-refractivity contribution in [1.82, 2.24) is 19.7 Å². The van der Waals surface area contributed by atoms with E-state index >= 15 is 0 Å². The van der Waals surface area contributed by atoms with Crippen molar-refractivity contribution in [2.24, 2.45) is 0 Å². The van der Waals surface area contributed by atoms with Crippen molar-refractivity contribution in [3.05, 3.63) is 35.9 Å². The molecule has 0 amide bonds. The minimum Gasteiger partial charge on any atom is -0.219 e. The molecule has 4 nitrogen and oxygen atoms in total. The van der Waals surface area contributed by atoms with Crippen LogP contribution >= 0.6 is 15.9 Å². The van der Waals surface area contributed by atoms with E-state index in [9.17, 15) is 13.2 Å². The van der Waals surface area contributed by atoms with E-state index < -0.39 is 11.7 Å². The fourth-order valence-corrected chi connectivity index (χ4v) is 1.40. The molecule has 2 heterocycles. The fraction of sp³-hybridized carbons (Fsp3) is 0.222. The molecule has 0 spiro atoms. The van der Waals surface area contributed by atoms with Crippen LogP contribution in [0.15, 0.2) is 24.8 Å². The van der Waals surface area contributed by atoms with Crippen LogP contribution < -0.4 is 0 Å². The van der Waals surface area contributed by atoms with Crippen molar-refractivity contribution in [2.75, 3.05) is 0 Å². The first-order valence-corrected chi connectivity index (χ1v) is 5.62. The standard InChI is InChI=1S/C9H6BrF3N4/c10-1-6-2-14-8(15-3-6)17-5-7(4-16-17)9(11,12)13/h2-5H,1H2. The lowest BCUT2D eigenvalue weighted by atomic mass is 10.4. The maximum absolute atomic E-state index is 12.3. The van der Waals surface area contributed by atoms with Gasteiger partial charge in [-0.15, -0.1) is 0 Å². The highest BCUT2D eigenvalue weighted by Gasteiger charge is 2.32. The zero-order chi connectivity index (χ0) is 12.5. The van der Waals surface area contributed by atoms with Gasteiger partial charge in [0.1, 0.15) is 0 Å². The Balaban J connectivity index is 2.30. The maximum Gasteiger partial charge on any atom is 0.419 e. The molecule has 90 valence electrons. The topological polar surface area (TPSA) is 43.6 Å². The van der Waals surface area contributed by atoms with Gasteiger partial charge in [0.2, 0.25) is 5.95 Å². The van der Waals surface area contributed by atoms with Gasteiger partial charge in [0.15, 0.2) is 0 Å².